The van der Waals surface area contributed by atoms with Crippen molar-refractivity contribution in [2.75, 3.05) is 24.4 Å². The average Bonchev–Trinajstić information content (AvgIpc) is 3.07. The Morgan fingerprint density at radius 1 is 1.55 bits per heavy atom. The summed E-state index contributed by atoms with van der Waals surface area (Å²) in [5.74, 6) is 0.341. The number of ether oxygens (including phenoxy) is 1. The number of carbonyl (C=O) groups is 1. The number of anilines is 1. The highest BCUT2D eigenvalue weighted by Crippen LogP contribution is 2.45. The quantitative estimate of drug-likeness (QED) is 0.672. The number of H-pyrrole nitrogens is 1. The number of hydrogen-bond donors (Lipinski definition) is 2. The molecule has 0 amide bonds. The van der Waals surface area contributed by atoms with Crippen molar-refractivity contribution in [2.24, 2.45) is 0 Å². The van der Waals surface area contributed by atoms with Gasteiger partial charge in [-0.25, -0.2) is 4.79 Å². The number of carbonyl (C=O) groups excluding carboxylic acids is 1. The maximum absolute atomic E-state index is 11.7. The number of phenolic OH excluding ortho intramolecular Hbond substituents is 1. The van der Waals surface area contributed by atoms with Gasteiger partial charge in [-0.05, 0) is 25.5 Å². The van der Waals surface area contributed by atoms with Gasteiger partial charge >= 0.3 is 5.97 Å². The Morgan fingerprint density at radius 2 is 2.27 bits per heavy atom. The number of aromatic nitrogens is 1. The zero-order chi connectivity index (χ0) is 16.0. The van der Waals surface area contributed by atoms with E-state index in [4.69, 9.17) is 16.3 Å². The van der Waals surface area contributed by atoms with Crippen LogP contribution in [0.25, 0.3) is 10.9 Å². The number of aromatic hydroxyl groups is 1. The lowest BCUT2D eigenvalue weighted by Crippen LogP contribution is -2.29. The van der Waals surface area contributed by atoms with Crippen LogP contribution in [0.1, 0.15) is 35.8 Å². The number of phenols is 1. The van der Waals surface area contributed by atoms with Crippen molar-refractivity contribution < 1.29 is 14.6 Å². The normalized spacial score (nSPS) is 17.3. The summed E-state index contributed by atoms with van der Waals surface area (Å²) in [4.78, 5) is 16.9. The fraction of sp³-hybridized carbons (Fsp3) is 0.438. The highest BCUT2D eigenvalue weighted by molar-refractivity contribution is 6.18. The fourth-order valence-corrected chi connectivity index (χ4v) is 3.47. The lowest BCUT2D eigenvalue weighted by Gasteiger charge is -2.24. The smallest absolute Gasteiger partial charge is 0.354 e. The van der Waals surface area contributed by atoms with E-state index in [1.165, 1.54) is 7.11 Å². The first-order valence-electron chi connectivity index (χ1n) is 7.27. The van der Waals surface area contributed by atoms with Crippen molar-refractivity contribution in [1.29, 1.82) is 0 Å². The summed E-state index contributed by atoms with van der Waals surface area (Å²) in [5, 5.41) is 11.2. The molecule has 1 atom stereocenters. The molecule has 0 unspecified atom stereocenters. The van der Waals surface area contributed by atoms with Crippen LogP contribution in [0, 0.1) is 0 Å². The van der Waals surface area contributed by atoms with Crippen molar-refractivity contribution in [1.82, 2.24) is 4.98 Å². The van der Waals surface area contributed by atoms with Crippen molar-refractivity contribution in [3.63, 3.8) is 0 Å². The summed E-state index contributed by atoms with van der Waals surface area (Å²) in [6, 6.07) is 3.80. The molecule has 0 radical (unpaired) electrons. The summed E-state index contributed by atoms with van der Waals surface area (Å²) in [6.45, 7) is 5.03. The number of esters is 1. The Bertz CT molecular complexity index is 739. The lowest BCUT2D eigenvalue weighted by atomic mass is 9.98. The van der Waals surface area contributed by atoms with Crippen LogP contribution in [0.3, 0.4) is 0 Å². The van der Waals surface area contributed by atoms with E-state index in [0.29, 0.717) is 23.1 Å². The zero-order valence-electron chi connectivity index (χ0n) is 12.8. The third-order valence-corrected chi connectivity index (χ3v) is 4.64. The van der Waals surface area contributed by atoms with Gasteiger partial charge in [0.15, 0.2) is 0 Å². The molecule has 0 fully saturated rings. The lowest BCUT2D eigenvalue weighted by molar-refractivity contribution is 0.0595. The first-order valence-corrected chi connectivity index (χ1v) is 7.80. The molecular weight excluding hydrogens is 304 g/mol. The highest BCUT2D eigenvalue weighted by atomic mass is 35.5. The van der Waals surface area contributed by atoms with Crippen LogP contribution in [0.5, 0.6) is 5.75 Å². The minimum absolute atomic E-state index is 0.129. The van der Waals surface area contributed by atoms with Crippen LogP contribution < -0.4 is 4.90 Å². The third-order valence-electron chi connectivity index (χ3n) is 4.26. The second kappa shape index (κ2) is 5.39. The first kappa shape index (κ1) is 15.0. The molecule has 22 heavy (non-hydrogen) atoms. The van der Waals surface area contributed by atoms with E-state index in [-0.39, 0.29) is 11.7 Å². The van der Waals surface area contributed by atoms with Crippen molar-refractivity contribution in [2.45, 2.75) is 25.8 Å². The van der Waals surface area contributed by atoms with Gasteiger partial charge in [0.2, 0.25) is 0 Å². The van der Waals surface area contributed by atoms with Gasteiger partial charge in [-0.1, -0.05) is 0 Å². The van der Waals surface area contributed by atoms with Gasteiger partial charge in [-0.2, -0.15) is 0 Å². The van der Waals surface area contributed by atoms with Crippen LogP contribution in [-0.4, -0.2) is 41.6 Å². The number of hydrogen-bond acceptors (Lipinski definition) is 4. The summed E-state index contributed by atoms with van der Waals surface area (Å²) >= 11 is 6.15. The van der Waals surface area contributed by atoms with Crippen LogP contribution >= 0.6 is 11.6 Å². The molecule has 2 N–H and O–H groups in total. The van der Waals surface area contributed by atoms with Gasteiger partial charge < -0.3 is 19.7 Å². The van der Waals surface area contributed by atoms with Crippen LogP contribution in [0.4, 0.5) is 5.69 Å². The van der Waals surface area contributed by atoms with E-state index in [9.17, 15) is 9.90 Å². The van der Waals surface area contributed by atoms with Gasteiger partial charge in [0.1, 0.15) is 11.4 Å². The minimum Gasteiger partial charge on any atom is -0.506 e. The van der Waals surface area contributed by atoms with Crippen LogP contribution in [0.15, 0.2) is 12.1 Å². The molecule has 0 saturated heterocycles. The van der Waals surface area contributed by atoms with E-state index < -0.39 is 5.97 Å². The minimum atomic E-state index is -0.453. The summed E-state index contributed by atoms with van der Waals surface area (Å²) in [7, 11) is 1.33. The predicted octanol–water partition coefficient (Wildman–Crippen LogP) is 3.21. The number of alkyl halides is 1. The van der Waals surface area contributed by atoms with Gasteiger partial charge in [-0.3, -0.25) is 0 Å². The van der Waals surface area contributed by atoms with E-state index in [2.05, 4.69) is 23.7 Å². The largest absolute Gasteiger partial charge is 0.506 e. The summed E-state index contributed by atoms with van der Waals surface area (Å²) in [6.07, 6.45) is 0. The number of benzene rings is 1. The molecule has 1 aliphatic heterocycles. The van der Waals surface area contributed by atoms with E-state index in [1.54, 1.807) is 12.1 Å². The number of halogens is 1. The maximum Gasteiger partial charge on any atom is 0.354 e. The number of nitrogens with one attached hydrogen (secondary N) is 1. The van der Waals surface area contributed by atoms with Crippen molar-refractivity contribution in [3.8, 4) is 5.75 Å². The molecule has 0 spiro atoms. The van der Waals surface area contributed by atoms with Crippen LogP contribution in [-0.2, 0) is 4.74 Å². The Kier molecular flexibility index (Phi) is 3.68. The zero-order valence-corrected chi connectivity index (χ0v) is 13.6. The Morgan fingerprint density at radius 3 is 2.86 bits per heavy atom. The Hall–Kier alpha value is -1.88. The van der Waals surface area contributed by atoms with E-state index >= 15 is 0 Å². The number of nitrogens with zero attached hydrogens (tertiary/aromatic N) is 1. The van der Waals surface area contributed by atoms with Gasteiger partial charge in [0.05, 0.1) is 12.6 Å². The molecule has 0 saturated carbocycles. The molecule has 3 rings (SSSR count). The Labute approximate surface area is 133 Å². The maximum atomic E-state index is 11.7. The number of rotatable bonds is 3. The molecule has 2 aromatic rings. The molecule has 2 heterocycles. The summed E-state index contributed by atoms with van der Waals surface area (Å²) in [5.41, 5.74) is 2.96. The number of methoxy groups -OCH3 is 1. The van der Waals surface area contributed by atoms with E-state index in [0.717, 1.165) is 23.2 Å². The molecular formula is C16H19ClN2O3. The van der Waals surface area contributed by atoms with Crippen molar-refractivity contribution >= 4 is 34.2 Å². The predicted molar refractivity (Wildman–Crippen MR) is 87.2 cm³/mol. The van der Waals surface area contributed by atoms with E-state index in [1.807, 2.05) is 0 Å². The molecule has 0 bridgehead atoms. The molecule has 1 aromatic heterocycles. The monoisotopic (exact) mass is 322 g/mol. The number of fused-ring (bicyclic) bond motifs is 3. The topological polar surface area (TPSA) is 65.6 Å². The van der Waals surface area contributed by atoms with Crippen LogP contribution in [0.2, 0.25) is 0 Å². The van der Waals surface area contributed by atoms with Gasteiger partial charge in [0.25, 0.3) is 0 Å². The highest BCUT2D eigenvalue weighted by Gasteiger charge is 2.33. The third kappa shape index (κ3) is 2.11. The van der Waals surface area contributed by atoms with Crippen molar-refractivity contribution in [3.05, 3.63) is 23.4 Å². The molecule has 1 aliphatic rings. The second-order valence-corrected chi connectivity index (χ2v) is 6.20. The SMILES string of the molecule is COC(=O)c1cc2c3c(cc(O)c2[nH]1)N(C(C)C)C[C@H]3CCl. The number of aromatic amines is 1. The molecule has 0 aliphatic carbocycles. The first-order chi connectivity index (χ1) is 10.5. The Balaban J connectivity index is 2.26. The molecule has 1 aromatic carbocycles. The molecule has 118 valence electrons. The summed E-state index contributed by atoms with van der Waals surface area (Å²) < 4.78 is 4.75. The van der Waals surface area contributed by atoms with Gasteiger partial charge in [-0.15, -0.1) is 11.6 Å². The molecule has 5 nitrogen and oxygen atoms in total. The fourth-order valence-electron chi connectivity index (χ4n) is 3.22. The standard InChI is InChI=1S/C16H19ClN2O3/c1-8(2)19-7-9(6-17)14-10-4-11(16(21)22-3)18-15(10)13(20)5-12(14)19/h4-5,8-9,18,20H,6-7H2,1-3H3/t9-/m1/s1. The van der Waals surface area contributed by atoms with Gasteiger partial charge in [0, 0.05) is 41.5 Å². The second-order valence-electron chi connectivity index (χ2n) is 5.89. The molecule has 6 heteroatoms. The average molecular weight is 323 g/mol.